The molecule has 296 valence electrons. The number of carbonyl (C=O) groups excluding carboxylic acids is 3. The minimum atomic E-state index is -0.828. The Labute approximate surface area is 333 Å². The number of hydrogen-bond acceptors (Lipinski definition) is 7. The second-order valence-electron chi connectivity index (χ2n) is 15.4. The molecular weight excluding hydrogens is 717 g/mol. The van der Waals surface area contributed by atoms with Gasteiger partial charge in [0.15, 0.2) is 0 Å². The van der Waals surface area contributed by atoms with E-state index in [-0.39, 0.29) is 35.9 Å². The summed E-state index contributed by atoms with van der Waals surface area (Å²) in [6.07, 6.45) is 8.15. The Morgan fingerprint density at radius 1 is 0.719 bits per heavy atom. The molecule has 0 radical (unpaired) electrons. The molecule has 2 aliphatic heterocycles. The largest absolute Gasteiger partial charge is 0.446 e. The number of hydrogen-bond donors (Lipinski definition) is 3. The fourth-order valence-electron chi connectivity index (χ4n) is 9.22. The van der Waals surface area contributed by atoms with Gasteiger partial charge in [0, 0.05) is 13.1 Å². The Hall–Kier alpha value is -5.75. The lowest BCUT2D eigenvalue weighted by molar-refractivity contribution is -0.139. The summed E-state index contributed by atoms with van der Waals surface area (Å²) < 4.78 is 5.28. The van der Waals surface area contributed by atoms with Gasteiger partial charge in [-0.05, 0) is 85.9 Å². The van der Waals surface area contributed by atoms with Gasteiger partial charge in [-0.3, -0.25) is 14.5 Å². The molecule has 57 heavy (non-hydrogen) atoms. The molecule has 1 saturated carbocycles. The molecule has 4 heterocycles. The number of primary amides is 1. The maximum atomic E-state index is 14.2. The lowest BCUT2D eigenvalue weighted by atomic mass is 10.0. The predicted octanol–water partition coefficient (Wildman–Crippen LogP) is 7.81. The van der Waals surface area contributed by atoms with Crippen molar-refractivity contribution in [2.75, 3.05) is 26.2 Å². The van der Waals surface area contributed by atoms with E-state index in [0.717, 1.165) is 103 Å². The van der Waals surface area contributed by atoms with E-state index in [0.29, 0.717) is 19.4 Å². The molecule has 3 aliphatic rings. The first-order valence-electron chi connectivity index (χ1n) is 20.5. The number of aromatic nitrogens is 4. The van der Waals surface area contributed by atoms with Gasteiger partial charge in [-0.2, -0.15) is 0 Å². The van der Waals surface area contributed by atoms with Gasteiger partial charge >= 0.3 is 6.09 Å². The molecule has 4 N–H and O–H groups in total. The average molecular weight is 769 g/mol. The summed E-state index contributed by atoms with van der Waals surface area (Å²) >= 11 is 0. The number of H-pyrrole nitrogens is 2. The Morgan fingerprint density at radius 2 is 1.25 bits per heavy atom. The molecule has 12 heteroatoms. The van der Waals surface area contributed by atoms with Crippen LogP contribution < -0.4 is 5.73 Å². The highest BCUT2D eigenvalue weighted by atomic mass is 16.6. The smallest absolute Gasteiger partial charge is 0.404 e. The standard InChI is InChI=1S/C45H52N8O4/c1-3-51(4-2)40(33-11-6-5-7-12-33)44(55)53-26-10-15-38(53)42-48-28-36(50-42)32-23-19-30(20-24-32)29-17-21-31(22-18-29)35-27-47-41(49-35)37-14-9-25-52(37)43(54)34-13-8-16-39(34)57-45(46)56/h5-7,11-12,17-24,27-28,34,37-40H,3-4,8-10,13-16,25-26H2,1-2H3,(H2,46,56)(H,47,49)(H,48,50)/t34-,37?,38?,39-,40?/m0/s1. The third-order valence-corrected chi connectivity index (χ3v) is 12.2. The van der Waals surface area contributed by atoms with Crippen LogP contribution in [0.2, 0.25) is 0 Å². The zero-order valence-corrected chi connectivity index (χ0v) is 32.8. The third-order valence-electron chi connectivity index (χ3n) is 12.2. The van der Waals surface area contributed by atoms with Crippen LogP contribution in [0, 0.1) is 5.92 Å². The average Bonchev–Trinajstić information content (AvgIpc) is 4.09. The van der Waals surface area contributed by atoms with E-state index < -0.39 is 12.2 Å². The SMILES string of the molecule is CCN(CC)C(C(=O)N1CCCC1c1ncc(-c2ccc(-c3ccc(-c4cnc(C5CCCN5C(=O)[C@H]5CCC[C@@H]5OC(N)=O)[nH]4)cc3)cc2)[nH]1)c1ccccc1. The van der Waals surface area contributed by atoms with Gasteiger partial charge in [0.1, 0.15) is 23.8 Å². The van der Waals surface area contributed by atoms with Crippen LogP contribution in [0.3, 0.4) is 0 Å². The van der Waals surface area contributed by atoms with Crippen molar-refractivity contribution < 1.29 is 19.1 Å². The molecule has 0 bridgehead atoms. The number of likely N-dealkylation sites (N-methyl/N-ethyl adjacent to an activating group) is 1. The number of amides is 3. The summed E-state index contributed by atoms with van der Waals surface area (Å²) in [7, 11) is 0. The van der Waals surface area contributed by atoms with Gasteiger partial charge in [0.05, 0.1) is 41.8 Å². The Morgan fingerprint density at radius 3 is 1.79 bits per heavy atom. The molecule has 12 nitrogen and oxygen atoms in total. The van der Waals surface area contributed by atoms with Gasteiger partial charge in [-0.1, -0.05) is 92.7 Å². The highest BCUT2D eigenvalue weighted by molar-refractivity contribution is 5.84. The van der Waals surface area contributed by atoms with E-state index in [1.807, 2.05) is 40.4 Å². The fraction of sp³-hybridized carbons (Fsp3) is 0.400. The van der Waals surface area contributed by atoms with E-state index >= 15 is 0 Å². The molecular formula is C45H52N8O4. The van der Waals surface area contributed by atoms with Crippen molar-refractivity contribution in [1.29, 1.82) is 0 Å². The number of carbonyl (C=O) groups is 3. The lowest BCUT2D eigenvalue weighted by Gasteiger charge is -2.34. The minimum Gasteiger partial charge on any atom is -0.446 e. The molecule has 1 aliphatic carbocycles. The van der Waals surface area contributed by atoms with Crippen molar-refractivity contribution in [1.82, 2.24) is 34.6 Å². The molecule has 2 aromatic heterocycles. The number of rotatable bonds is 12. The number of ether oxygens (including phenoxy) is 1. The molecule has 3 fully saturated rings. The predicted molar refractivity (Wildman–Crippen MR) is 218 cm³/mol. The first-order valence-corrected chi connectivity index (χ1v) is 20.5. The topological polar surface area (TPSA) is 154 Å². The lowest BCUT2D eigenvalue weighted by Crippen LogP contribution is -2.43. The molecule has 5 atom stereocenters. The second-order valence-corrected chi connectivity index (χ2v) is 15.4. The summed E-state index contributed by atoms with van der Waals surface area (Å²) in [6.45, 7) is 7.18. The van der Waals surface area contributed by atoms with Crippen molar-refractivity contribution >= 4 is 17.9 Å². The summed E-state index contributed by atoms with van der Waals surface area (Å²) in [5, 5.41) is 0. The number of nitrogens with two attached hydrogens (primary N) is 1. The van der Waals surface area contributed by atoms with Crippen molar-refractivity contribution in [3.63, 3.8) is 0 Å². The summed E-state index contributed by atoms with van der Waals surface area (Å²) in [6, 6.07) is 26.4. The summed E-state index contributed by atoms with van der Waals surface area (Å²) in [4.78, 5) is 61.9. The highest BCUT2D eigenvalue weighted by Crippen LogP contribution is 2.38. The highest BCUT2D eigenvalue weighted by Gasteiger charge is 2.42. The van der Waals surface area contributed by atoms with Gasteiger partial charge in [0.2, 0.25) is 11.8 Å². The van der Waals surface area contributed by atoms with Crippen molar-refractivity contribution in [3.8, 4) is 33.6 Å². The Bertz CT molecular complexity index is 2160. The van der Waals surface area contributed by atoms with Gasteiger partial charge < -0.3 is 30.2 Å². The van der Waals surface area contributed by atoms with Crippen LogP contribution in [0.25, 0.3) is 33.6 Å². The summed E-state index contributed by atoms with van der Waals surface area (Å²) in [5.41, 5.74) is 12.3. The molecule has 0 spiro atoms. The van der Waals surface area contributed by atoms with E-state index in [4.69, 9.17) is 20.4 Å². The molecule has 3 amide bonds. The second kappa shape index (κ2) is 16.8. The summed E-state index contributed by atoms with van der Waals surface area (Å²) in [5.74, 6) is 1.38. The van der Waals surface area contributed by atoms with Gasteiger partial charge in [0.25, 0.3) is 0 Å². The fourth-order valence-corrected chi connectivity index (χ4v) is 9.22. The first-order chi connectivity index (χ1) is 27.8. The van der Waals surface area contributed by atoms with Gasteiger partial charge in [-0.25, -0.2) is 14.8 Å². The number of nitrogens with one attached hydrogen (secondary N) is 2. The first kappa shape index (κ1) is 38.1. The van der Waals surface area contributed by atoms with Crippen LogP contribution in [-0.2, 0) is 14.3 Å². The van der Waals surface area contributed by atoms with Crippen LogP contribution >= 0.6 is 0 Å². The Balaban J connectivity index is 0.922. The molecule has 8 rings (SSSR count). The number of benzene rings is 3. The van der Waals surface area contributed by atoms with E-state index in [1.165, 1.54) is 0 Å². The van der Waals surface area contributed by atoms with Crippen LogP contribution in [0.4, 0.5) is 4.79 Å². The third kappa shape index (κ3) is 7.83. The minimum absolute atomic E-state index is 0.0121. The number of aromatic amines is 2. The number of likely N-dealkylation sites (tertiary alicyclic amines) is 2. The maximum absolute atomic E-state index is 14.2. The number of imidazole rings is 2. The zero-order chi connectivity index (χ0) is 39.5. The van der Waals surface area contributed by atoms with Crippen LogP contribution in [-0.4, -0.2) is 84.8 Å². The maximum Gasteiger partial charge on any atom is 0.404 e. The normalized spacial score (nSPS) is 21.3. The molecule has 3 unspecified atom stereocenters. The zero-order valence-electron chi connectivity index (χ0n) is 32.8. The van der Waals surface area contributed by atoms with Gasteiger partial charge in [-0.15, -0.1) is 0 Å². The van der Waals surface area contributed by atoms with Crippen LogP contribution in [0.1, 0.15) is 94.1 Å². The van der Waals surface area contributed by atoms with E-state index in [1.54, 1.807) is 0 Å². The molecule has 3 aromatic carbocycles. The molecule has 2 saturated heterocycles. The molecule has 5 aromatic rings. The van der Waals surface area contributed by atoms with Crippen molar-refractivity contribution in [2.45, 2.75) is 83.0 Å². The van der Waals surface area contributed by atoms with E-state index in [2.05, 4.69) is 89.4 Å². The van der Waals surface area contributed by atoms with Crippen LogP contribution in [0.15, 0.2) is 91.3 Å². The van der Waals surface area contributed by atoms with Crippen molar-refractivity contribution in [3.05, 3.63) is 108 Å². The van der Waals surface area contributed by atoms with E-state index in [9.17, 15) is 14.4 Å². The van der Waals surface area contributed by atoms with Crippen LogP contribution in [0.5, 0.6) is 0 Å². The number of nitrogens with zero attached hydrogens (tertiary/aromatic N) is 5. The van der Waals surface area contributed by atoms with Crippen molar-refractivity contribution in [2.24, 2.45) is 11.7 Å². The Kier molecular flexibility index (Phi) is 11.2. The monoisotopic (exact) mass is 768 g/mol. The quantitative estimate of drug-likeness (QED) is 0.117.